The van der Waals surface area contributed by atoms with Gasteiger partial charge in [-0.1, -0.05) is 0 Å². The summed E-state index contributed by atoms with van der Waals surface area (Å²) >= 11 is 0. The highest BCUT2D eigenvalue weighted by atomic mass is 15.1. The van der Waals surface area contributed by atoms with Gasteiger partial charge in [0.1, 0.15) is 0 Å². The van der Waals surface area contributed by atoms with Crippen LogP contribution in [0.25, 0.3) is 16.9 Å². The SMILES string of the molecule is Cc1n[nH]c(C)c1-c1cnc2cnccn12. The lowest BCUT2D eigenvalue weighted by atomic mass is 10.1. The molecule has 0 spiro atoms. The Morgan fingerprint density at radius 2 is 2.12 bits per heavy atom. The molecule has 3 aromatic rings. The van der Waals surface area contributed by atoms with Crippen molar-refractivity contribution in [2.24, 2.45) is 0 Å². The molecular weight excluding hydrogens is 202 g/mol. The molecule has 80 valence electrons. The van der Waals surface area contributed by atoms with E-state index in [2.05, 4.69) is 20.2 Å². The molecule has 5 nitrogen and oxygen atoms in total. The molecule has 0 aliphatic rings. The van der Waals surface area contributed by atoms with E-state index < -0.39 is 0 Å². The van der Waals surface area contributed by atoms with E-state index in [0.717, 1.165) is 28.3 Å². The molecule has 5 heteroatoms. The summed E-state index contributed by atoms with van der Waals surface area (Å²) in [5, 5.41) is 7.18. The van der Waals surface area contributed by atoms with Crippen molar-refractivity contribution in [1.82, 2.24) is 24.6 Å². The van der Waals surface area contributed by atoms with E-state index in [1.807, 2.05) is 30.6 Å². The van der Waals surface area contributed by atoms with E-state index in [4.69, 9.17) is 0 Å². The number of imidazole rings is 1. The molecule has 0 saturated carbocycles. The molecule has 3 aromatic heterocycles. The van der Waals surface area contributed by atoms with Gasteiger partial charge in [0.15, 0.2) is 5.65 Å². The molecule has 0 fully saturated rings. The van der Waals surface area contributed by atoms with E-state index in [1.165, 1.54) is 0 Å². The highest BCUT2D eigenvalue weighted by molar-refractivity contribution is 5.67. The van der Waals surface area contributed by atoms with E-state index >= 15 is 0 Å². The predicted octanol–water partition coefficient (Wildman–Crippen LogP) is 1.74. The van der Waals surface area contributed by atoms with E-state index in [0.29, 0.717) is 0 Å². The van der Waals surface area contributed by atoms with Crippen LogP contribution < -0.4 is 0 Å². The van der Waals surface area contributed by atoms with E-state index in [1.54, 1.807) is 12.4 Å². The normalized spacial score (nSPS) is 11.1. The first kappa shape index (κ1) is 9.08. The van der Waals surface area contributed by atoms with Gasteiger partial charge in [-0.2, -0.15) is 5.10 Å². The van der Waals surface area contributed by atoms with Gasteiger partial charge in [0.25, 0.3) is 0 Å². The summed E-state index contributed by atoms with van der Waals surface area (Å²) in [7, 11) is 0. The van der Waals surface area contributed by atoms with Gasteiger partial charge in [-0.05, 0) is 13.8 Å². The topological polar surface area (TPSA) is 58.9 Å². The fourth-order valence-electron chi connectivity index (χ4n) is 1.96. The van der Waals surface area contributed by atoms with Gasteiger partial charge in [0.2, 0.25) is 0 Å². The summed E-state index contributed by atoms with van der Waals surface area (Å²) in [6, 6.07) is 0. The van der Waals surface area contributed by atoms with Crippen molar-refractivity contribution in [3.63, 3.8) is 0 Å². The number of rotatable bonds is 1. The van der Waals surface area contributed by atoms with Gasteiger partial charge < -0.3 is 0 Å². The number of nitrogens with one attached hydrogen (secondary N) is 1. The Morgan fingerprint density at radius 1 is 1.25 bits per heavy atom. The standard InChI is InChI=1S/C11H11N5/c1-7-11(8(2)15-14-7)9-5-13-10-6-12-3-4-16(9)10/h3-6H,1-2H3,(H,14,15). The van der Waals surface area contributed by atoms with Crippen LogP contribution >= 0.6 is 0 Å². The van der Waals surface area contributed by atoms with E-state index in [9.17, 15) is 0 Å². The minimum absolute atomic E-state index is 0.845. The molecule has 0 radical (unpaired) electrons. The number of hydrogen-bond donors (Lipinski definition) is 1. The van der Waals surface area contributed by atoms with Crippen molar-refractivity contribution in [2.45, 2.75) is 13.8 Å². The summed E-state index contributed by atoms with van der Waals surface area (Å²) in [4.78, 5) is 8.36. The van der Waals surface area contributed by atoms with Crippen LogP contribution in [0.2, 0.25) is 0 Å². The molecule has 3 rings (SSSR count). The number of nitrogens with zero attached hydrogens (tertiary/aromatic N) is 4. The van der Waals surface area contributed by atoms with Gasteiger partial charge in [-0.25, -0.2) is 4.98 Å². The average molecular weight is 213 g/mol. The van der Waals surface area contributed by atoms with Gasteiger partial charge in [0.05, 0.1) is 23.8 Å². The number of aromatic amines is 1. The summed E-state index contributed by atoms with van der Waals surface area (Å²) < 4.78 is 2.01. The minimum atomic E-state index is 0.845. The Bertz CT molecular complexity index is 630. The Balaban J connectivity index is 2.35. The third-order valence-corrected chi connectivity index (χ3v) is 2.70. The third-order valence-electron chi connectivity index (χ3n) is 2.70. The summed E-state index contributed by atoms with van der Waals surface area (Å²) in [5.41, 5.74) is 5.03. The molecule has 0 aromatic carbocycles. The second-order valence-electron chi connectivity index (χ2n) is 3.76. The first-order chi connectivity index (χ1) is 7.77. The monoisotopic (exact) mass is 213 g/mol. The lowest BCUT2D eigenvalue weighted by Crippen LogP contribution is -1.90. The highest BCUT2D eigenvalue weighted by Gasteiger charge is 2.13. The molecule has 0 unspecified atom stereocenters. The quantitative estimate of drug-likeness (QED) is 0.669. The zero-order valence-electron chi connectivity index (χ0n) is 9.10. The number of H-pyrrole nitrogens is 1. The maximum Gasteiger partial charge on any atom is 0.155 e. The van der Waals surface area contributed by atoms with Gasteiger partial charge in [-0.3, -0.25) is 14.5 Å². The molecule has 1 N–H and O–H groups in total. The summed E-state index contributed by atoms with van der Waals surface area (Å²) in [5.74, 6) is 0. The average Bonchev–Trinajstić information content (AvgIpc) is 2.83. The van der Waals surface area contributed by atoms with Crippen LogP contribution in [0.5, 0.6) is 0 Å². The molecule has 0 atom stereocenters. The zero-order valence-corrected chi connectivity index (χ0v) is 9.10. The maximum atomic E-state index is 4.32. The largest absolute Gasteiger partial charge is 0.297 e. The summed E-state index contributed by atoms with van der Waals surface area (Å²) in [6.45, 7) is 4.00. The van der Waals surface area contributed by atoms with Crippen LogP contribution in [-0.4, -0.2) is 24.6 Å². The maximum absolute atomic E-state index is 4.32. The van der Waals surface area contributed by atoms with Crippen LogP contribution in [0.3, 0.4) is 0 Å². The van der Waals surface area contributed by atoms with Gasteiger partial charge in [-0.15, -0.1) is 0 Å². The number of fused-ring (bicyclic) bond motifs is 1. The first-order valence-corrected chi connectivity index (χ1v) is 5.06. The van der Waals surface area contributed by atoms with E-state index in [-0.39, 0.29) is 0 Å². The fourth-order valence-corrected chi connectivity index (χ4v) is 1.96. The Hall–Kier alpha value is -2.17. The van der Waals surface area contributed by atoms with Crippen molar-refractivity contribution in [1.29, 1.82) is 0 Å². The Morgan fingerprint density at radius 3 is 2.88 bits per heavy atom. The van der Waals surface area contributed by atoms with Crippen molar-refractivity contribution in [3.05, 3.63) is 36.2 Å². The Labute approximate surface area is 92.2 Å². The smallest absolute Gasteiger partial charge is 0.155 e. The molecular formula is C11H11N5. The molecule has 0 bridgehead atoms. The van der Waals surface area contributed by atoms with Crippen molar-refractivity contribution in [2.75, 3.05) is 0 Å². The van der Waals surface area contributed by atoms with Crippen LogP contribution in [-0.2, 0) is 0 Å². The van der Waals surface area contributed by atoms with Crippen LogP contribution in [0, 0.1) is 13.8 Å². The predicted molar refractivity (Wildman–Crippen MR) is 60.0 cm³/mol. The first-order valence-electron chi connectivity index (χ1n) is 5.06. The minimum Gasteiger partial charge on any atom is -0.297 e. The molecule has 0 amide bonds. The lowest BCUT2D eigenvalue weighted by Gasteiger charge is -2.00. The van der Waals surface area contributed by atoms with Crippen molar-refractivity contribution < 1.29 is 0 Å². The molecule has 0 aliphatic heterocycles. The summed E-state index contributed by atoms with van der Waals surface area (Å²) in [6.07, 6.45) is 7.25. The molecule has 3 heterocycles. The van der Waals surface area contributed by atoms with Crippen molar-refractivity contribution in [3.8, 4) is 11.3 Å². The second-order valence-corrected chi connectivity index (χ2v) is 3.76. The third kappa shape index (κ3) is 1.14. The second kappa shape index (κ2) is 3.16. The van der Waals surface area contributed by atoms with Crippen molar-refractivity contribution >= 4 is 5.65 Å². The highest BCUT2D eigenvalue weighted by Crippen LogP contribution is 2.25. The zero-order chi connectivity index (χ0) is 11.1. The van der Waals surface area contributed by atoms with Crippen LogP contribution in [0.1, 0.15) is 11.4 Å². The van der Waals surface area contributed by atoms with Crippen LogP contribution in [0.4, 0.5) is 0 Å². The fraction of sp³-hybridized carbons (Fsp3) is 0.182. The van der Waals surface area contributed by atoms with Gasteiger partial charge in [0, 0.05) is 23.7 Å². The Kier molecular flexibility index (Phi) is 1.80. The molecule has 0 aliphatic carbocycles. The molecule has 16 heavy (non-hydrogen) atoms. The lowest BCUT2D eigenvalue weighted by molar-refractivity contribution is 1.02. The number of hydrogen-bond acceptors (Lipinski definition) is 3. The molecule has 0 saturated heterocycles. The number of aryl methyl sites for hydroxylation is 2. The van der Waals surface area contributed by atoms with Crippen LogP contribution in [0.15, 0.2) is 24.8 Å². The number of aromatic nitrogens is 5. The van der Waals surface area contributed by atoms with Gasteiger partial charge >= 0.3 is 0 Å².